The topological polar surface area (TPSA) is 40.6 Å². The molecule has 2 rings (SSSR count). The Hall–Kier alpha value is 0.160. The average molecular weight is 309 g/mol. The summed E-state index contributed by atoms with van der Waals surface area (Å²) in [4.78, 5) is 0. The second kappa shape index (κ2) is 6.74. The first-order chi connectivity index (χ1) is 9.09. The molecule has 0 bridgehead atoms. The molecule has 0 aromatic heterocycles. The Bertz CT molecular complexity index is 388. The summed E-state index contributed by atoms with van der Waals surface area (Å²) in [5.41, 5.74) is 0. The summed E-state index contributed by atoms with van der Waals surface area (Å²) in [7, 11) is -3.29. The Morgan fingerprint density at radius 3 is 2.68 bits per heavy atom. The van der Waals surface area contributed by atoms with Gasteiger partial charge in [-0.1, -0.05) is 19.8 Å². The van der Waals surface area contributed by atoms with Crippen LogP contribution in [0.15, 0.2) is 0 Å². The quantitative estimate of drug-likeness (QED) is 0.732. The van der Waals surface area contributed by atoms with Crippen molar-refractivity contribution in [3.05, 3.63) is 0 Å². The number of piperidine rings is 1. The fourth-order valence-corrected chi connectivity index (χ4v) is 5.58. The molecule has 0 N–H and O–H groups in total. The van der Waals surface area contributed by atoms with Crippen LogP contribution in [-0.4, -0.2) is 48.6 Å². The lowest BCUT2D eigenvalue weighted by atomic mass is 10.0. The standard InChI is InChI=1S/C13H25ClN2O2S/c1-2-5-12-7-9-15(11-12)19(17,18)16-8-4-3-6-13(16)10-14/h12-13H,2-11H2,1H3. The highest BCUT2D eigenvalue weighted by Gasteiger charge is 2.39. The second-order valence-electron chi connectivity index (χ2n) is 5.72. The van der Waals surface area contributed by atoms with E-state index in [0.717, 1.165) is 38.5 Å². The van der Waals surface area contributed by atoms with Crippen LogP contribution in [0.3, 0.4) is 0 Å². The molecule has 19 heavy (non-hydrogen) atoms. The Balaban J connectivity index is 2.05. The molecule has 2 saturated heterocycles. The summed E-state index contributed by atoms with van der Waals surface area (Å²) in [6, 6.07) is -0.00866. The molecule has 0 aliphatic carbocycles. The first kappa shape index (κ1) is 15.5. The summed E-state index contributed by atoms with van der Waals surface area (Å²) >= 11 is 5.94. The Kier molecular flexibility index (Phi) is 5.52. The minimum atomic E-state index is -3.29. The van der Waals surface area contributed by atoms with Crippen LogP contribution in [0.2, 0.25) is 0 Å². The molecule has 2 aliphatic rings. The molecule has 2 atom stereocenters. The van der Waals surface area contributed by atoms with Gasteiger partial charge in [0, 0.05) is 31.6 Å². The van der Waals surface area contributed by atoms with Gasteiger partial charge in [0.1, 0.15) is 0 Å². The zero-order valence-electron chi connectivity index (χ0n) is 11.7. The van der Waals surface area contributed by atoms with E-state index in [1.54, 1.807) is 8.61 Å². The van der Waals surface area contributed by atoms with Gasteiger partial charge in [-0.3, -0.25) is 0 Å². The van der Waals surface area contributed by atoms with Crippen molar-refractivity contribution in [2.75, 3.05) is 25.5 Å². The Labute approximate surface area is 122 Å². The normalized spacial score (nSPS) is 30.8. The van der Waals surface area contributed by atoms with E-state index >= 15 is 0 Å². The monoisotopic (exact) mass is 308 g/mol. The van der Waals surface area contributed by atoms with Gasteiger partial charge < -0.3 is 0 Å². The third-order valence-corrected chi connectivity index (χ3v) is 6.73. The van der Waals surface area contributed by atoms with Crippen molar-refractivity contribution in [1.82, 2.24) is 8.61 Å². The number of hydrogen-bond acceptors (Lipinski definition) is 2. The van der Waals surface area contributed by atoms with Gasteiger partial charge in [-0.05, 0) is 31.6 Å². The maximum atomic E-state index is 12.7. The molecule has 0 saturated carbocycles. The number of halogens is 1. The number of alkyl halides is 1. The largest absolute Gasteiger partial charge is 0.282 e. The van der Waals surface area contributed by atoms with E-state index in [9.17, 15) is 8.42 Å². The molecule has 2 heterocycles. The van der Waals surface area contributed by atoms with E-state index in [1.807, 2.05) is 0 Å². The van der Waals surface area contributed by atoms with Gasteiger partial charge in [-0.2, -0.15) is 17.0 Å². The first-order valence-corrected chi connectivity index (χ1v) is 9.35. The molecule has 2 aliphatic heterocycles. The molecule has 6 heteroatoms. The average Bonchev–Trinajstić information content (AvgIpc) is 2.88. The van der Waals surface area contributed by atoms with Crippen molar-refractivity contribution in [3.63, 3.8) is 0 Å². The highest BCUT2D eigenvalue weighted by Crippen LogP contribution is 2.28. The number of nitrogens with zero attached hydrogens (tertiary/aromatic N) is 2. The Morgan fingerprint density at radius 1 is 1.21 bits per heavy atom. The van der Waals surface area contributed by atoms with Crippen LogP contribution in [0.1, 0.15) is 45.4 Å². The minimum absolute atomic E-state index is 0.00866. The summed E-state index contributed by atoms with van der Waals surface area (Å²) < 4.78 is 28.7. The SMILES string of the molecule is CCCC1CCN(S(=O)(=O)N2CCCCC2CCl)C1. The molecule has 0 aromatic rings. The van der Waals surface area contributed by atoms with E-state index < -0.39 is 10.2 Å². The van der Waals surface area contributed by atoms with Crippen molar-refractivity contribution < 1.29 is 8.42 Å². The lowest BCUT2D eigenvalue weighted by molar-refractivity contribution is 0.251. The molecule has 2 fully saturated rings. The van der Waals surface area contributed by atoms with E-state index in [0.29, 0.717) is 31.4 Å². The van der Waals surface area contributed by atoms with Gasteiger partial charge >= 0.3 is 0 Å². The van der Waals surface area contributed by atoms with Gasteiger partial charge in [-0.15, -0.1) is 11.6 Å². The molecule has 0 aromatic carbocycles. The smallest absolute Gasteiger partial charge is 0.195 e. The van der Waals surface area contributed by atoms with Gasteiger partial charge in [-0.25, -0.2) is 0 Å². The zero-order chi connectivity index (χ0) is 13.9. The number of hydrogen-bond donors (Lipinski definition) is 0. The number of rotatable bonds is 5. The molecule has 112 valence electrons. The fourth-order valence-electron chi connectivity index (χ4n) is 3.23. The van der Waals surface area contributed by atoms with Crippen LogP contribution in [-0.2, 0) is 10.2 Å². The van der Waals surface area contributed by atoms with Crippen molar-refractivity contribution >= 4 is 21.8 Å². The van der Waals surface area contributed by atoms with E-state index in [-0.39, 0.29) is 6.04 Å². The third kappa shape index (κ3) is 3.43. The minimum Gasteiger partial charge on any atom is -0.195 e. The van der Waals surface area contributed by atoms with Crippen LogP contribution < -0.4 is 0 Å². The van der Waals surface area contributed by atoms with Crippen molar-refractivity contribution in [2.45, 2.75) is 51.5 Å². The Morgan fingerprint density at radius 2 is 2.00 bits per heavy atom. The molecule has 4 nitrogen and oxygen atoms in total. The summed E-state index contributed by atoms with van der Waals surface area (Å²) in [6.45, 7) is 4.17. The lowest BCUT2D eigenvalue weighted by Gasteiger charge is -2.36. The molecule has 0 radical (unpaired) electrons. The second-order valence-corrected chi connectivity index (χ2v) is 7.91. The van der Waals surface area contributed by atoms with Crippen LogP contribution in [0.4, 0.5) is 0 Å². The van der Waals surface area contributed by atoms with Crippen molar-refractivity contribution in [1.29, 1.82) is 0 Å². The van der Waals surface area contributed by atoms with Gasteiger partial charge in [0.25, 0.3) is 10.2 Å². The van der Waals surface area contributed by atoms with E-state index in [2.05, 4.69) is 6.92 Å². The predicted molar refractivity (Wildman–Crippen MR) is 78.6 cm³/mol. The van der Waals surface area contributed by atoms with Gasteiger partial charge in [0.15, 0.2) is 0 Å². The van der Waals surface area contributed by atoms with Crippen LogP contribution >= 0.6 is 11.6 Å². The third-order valence-electron chi connectivity index (χ3n) is 4.32. The lowest BCUT2D eigenvalue weighted by Crippen LogP contribution is -2.50. The van der Waals surface area contributed by atoms with Crippen LogP contribution in [0.5, 0.6) is 0 Å². The molecule has 2 unspecified atom stereocenters. The first-order valence-electron chi connectivity index (χ1n) is 7.42. The summed E-state index contributed by atoms with van der Waals surface area (Å²) in [6.07, 6.45) is 6.21. The summed E-state index contributed by atoms with van der Waals surface area (Å²) in [5, 5.41) is 0. The highest BCUT2D eigenvalue weighted by atomic mass is 35.5. The van der Waals surface area contributed by atoms with E-state index in [4.69, 9.17) is 11.6 Å². The zero-order valence-corrected chi connectivity index (χ0v) is 13.3. The molecule has 0 amide bonds. The maximum absolute atomic E-state index is 12.7. The van der Waals surface area contributed by atoms with Crippen molar-refractivity contribution in [3.8, 4) is 0 Å². The summed E-state index contributed by atoms with van der Waals surface area (Å²) in [5.74, 6) is 0.949. The van der Waals surface area contributed by atoms with Gasteiger partial charge in [0.05, 0.1) is 0 Å². The van der Waals surface area contributed by atoms with E-state index in [1.165, 1.54) is 0 Å². The fraction of sp³-hybridized carbons (Fsp3) is 1.00. The van der Waals surface area contributed by atoms with Crippen LogP contribution in [0.25, 0.3) is 0 Å². The molecule has 0 spiro atoms. The van der Waals surface area contributed by atoms with Crippen molar-refractivity contribution in [2.24, 2.45) is 5.92 Å². The maximum Gasteiger partial charge on any atom is 0.282 e. The highest BCUT2D eigenvalue weighted by molar-refractivity contribution is 7.86. The predicted octanol–water partition coefficient (Wildman–Crippen LogP) is 2.45. The van der Waals surface area contributed by atoms with Gasteiger partial charge in [0.2, 0.25) is 0 Å². The molecular weight excluding hydrogens is 284 g/mol. The molecular formula is C13H25ClN2O2S. The van der Waals surface area contributed by atoms with Crippen LogP contribution in [0, 0.1) is 5.92 Å².